The highest BCUT2D eigenvalue weighted by Crippen LogP contribution is 2.16. The van der Waals surface area contributed by atoms with E-state index in [1.54, 1.807) is 0 Å². The number of morpholine rings is 1. The van der Waals surface area contributed by atoms with E-state index < -0.39 is 0 Å². The molecule has 1 atom stereocenters. The van der Waals surface area contributed by atoms with Gasteiger partial charge in [-0.1, -0.05) is 20.8 Å². The Morgan fingerprint density at radius 1 is 1.45 bits per heavy atom. The maximum atomic E-state index is 5.70. The summed E-state index contributed by atoms with van der Waals surface area (Å²) in [6.07, 6.45) is 5.05. The maximum absolute atomic E-state index is 5.70. The predicted octanol–water partition coefficient (Wildman–Crippen LogP) is 1.84. The number of nitrogens with zero attached hydrogens (tertiary/aromatic N) is 3. The Labute approximate surface area is 121 Å². The van der Waals surface area contributed by atoms with Crippen LogP contribution >= 0.6 is 0 Å². The fourth-order valence-electron chi connectivity index (χ4n) is 2.30. The molecule has 0 aliphatic carbocycles. The van der Waals surface area contributed by atoms with E-state index in [2.05, 4.69) is 36.0 Å². The lowest BCUT2D eigenvalue weighted by atomic mass is 10.2. The molecular weight excluding hydrogens is 252 g/mol. The highest BCUT2D eigenvalue weighted by Gasteiger charge is 2.20. The highest BCUT2D eigenvalue weighted by molar-refractivity contribution is 5.37. The second kappa shape index (κ2) is 7.55. The fraction of sp³-hybridized carbons (Fsp3) is 0.733. The zero-order valence-corrected chi connectivity index (χ0v) is 12.8. The molecule has 5 heteroatoms. The van der Waals surface area contributed by atoms with E-state index in [9.17, 15) is 0 Å². The molecule has 2 heterocycles. The van der Waals surface area contributed by atoms with Crippen LogP contribution in [0.1, 0.15) is 32.9 Å². The van der Waals surface area contributed by atoms with Crippen molar-refractivity contribution in [2.75, 3.05) is 31.1 Å². The van der Waals surface area contributed by atoms with Gasteiger partial charge in [-0.05, 0) is 18.9 Å². The number of rotatable bonds is 6. The number of nitrogens with one attached hydrogen (secondary N) is 1. The van der Waals surface area contributed by atoms with Gasteiger partial charge in [-0.25, -0.2) is 4.98 Å². The Hall–Kier alpha value is -1.20. The van der Waals surface area contributed by atoms with Gasteiger partial charge in [0.15, 0.2) is 0 Å². The minimum absolute atomic E-state index is 0.313. The van der Waals surface area contributed by atoms with E-state index in [4.69, 9.17) is 9.72 Å². The second-order valence-corrected chi connectivity index (χ2v) is 5.74. The molecule has 2 rings (SSSR count). The normalized spacial score (nSPS) is 19.6. The first-order valence-corrected chi connectivity index (χ1v) is 7.57. The van der Waals surface area contributed by atoms with Crippen LogP contribution in [-0.4, -0.2) is 42.3 Å². The van der Waals surface area contributed by atoms with Crippen molar-refractivity contribution >= 4 is 5.82 Å². The summed E-state index contributed by atoms with van der Waals surface area (Å²) in [5.74, 6) is 1.62. The number of aromatic nitrogens is 2. The lowest BCUT2D eigenvalue weighted by Crippen LogP contribution is -2.42. The molecular formula is C15H26N4O. The van der Waals surface area contributed by atoms with Crippen molar-refractivity contribution in [3.8, 4) is 0 Å². The smallest absolute Gasteiger partial charge is 0.147 e. The van der Waals surface area contributed by atoms with Crippen LogP contribution in [-0.2, 0) is 11.3 Å². The van der Waals surface area contributed by atoms with Gasteiger partial charge in [0.1, 0.15) is 5.82 Å². The van der Waals surface area contributed by atoms with Gasteiger partial charge in [-0.3, -0.25) is 4.98 Å². The van der Waals surface area contributed by atoms with Gasteiger partial charge in [0, 0.05) is 25.8 Å². The molecule has 112 valence electrons. The third-order valence-corrected chi connectivity index (χ3v) is 3.45. The summed E-state index contributed by atoms with van der Waals surface area (Å²) in [5.41, 5.74) is 1.00. The molecule has 0 spiro atoms. The molecule has 1 fully saturated rings. The molecule has 0 radical (unpaired) electrons. The van der Waals surface area contributed by atoms with Gasteiger partial charge in [0.05, 0.1) is 24.6 Å². The summed E-state index contributed by atoms with van der Waals surface area (Å²) in [6.45, 7) is 10.9. The quantitative estimate of drug-likeness (QED) is 0.860. The van der Waals surface area contributed by atoms with Crippen molar-refractivity contribution in [2.45, 2.75) is 39.8 Å². The van der Waals surface area contributed by atoms with Crippen molar-refractivity contribution < 1.29 is 4.74 Å². The van der Waals surface area contributed by atoms with Crippen molar-refractivity contribution in [3.63, 3.8) is 0 Å². The Morgan fingerprint density at radius 2 is 2.30 bits per heavy atom. The summed E-state index contributed by atoms with van der Waals surface area (Å²) < 4.78 is 5.70. The van der Waals surface area contributed by atoms with Crippen LogP contribution in [0.2, 0.25) is 0 Å². The number of ether oxygens (including phenoxy) is 1. The predicted molar refractivity (Wildman–Crippen MR) is 80.8 cm³/mol. The third-order valence-electron chi connectivity index (χ3n) is 3.45. The Balaban J connectivity index is 1.94. The fourth-order valence-corrected chi connectivity index (χ4v) is 2.30. The molecule has 20 heavy (non-hydrogen) atoms. The Bertz CT molecular complexity index is 411. The average Bonchev–Trinajstić information content (AvgIpc) is 2.47. The van der Waals surface area contributed by atoms with Gasteiger partial charge >= 0.3 is 0 Å². The van der Waals surface area contributed by atoms with E-state index in [0.29, 0.717) is 12.0 Å². The zero-order chi connectivity index (χ0) is 14.4. The number of anilines is 1. The highest BCUT2D eigenvalue weighted by atomic mass is 16.5. The Morgan fingerprint density at radius 3 is 3.05 bits per heavy atom. The number of hydrogen-bond acceptors (Lipinski definition) is 5. The summed E-state index contributed by atoms with van der Waals surface area (Å²) in [7, 11) is 0. The first-order chi connectivity index (χ1) is 9.69. The second-order valence-electron chi connectivity index (χ2n) is 5.74. The topological polar surface area (TPSA) is 50.3 Å². The molecule has 1 saturated heterocycles. The lowest BCUT2D eigenvalue weighted by molar-refractivity contribution is 0.0381. The van der Waals surface area contributed by atoms with E-state index in [1.165, 1.54) is 0 Å². The van der Waals surface area contributed by atoms with Crippen LogP contribution in [0.15, 0.2) is 12.4 Å². The van der Waals surface area contributed by atoms with Crippen molar-refractivity contribution in [1.82, 2.24) is 15.3 Å². The van der Waals surface area contributed by atoms with Crippen LogP contribution in [0, 0.1) is 5.92 Å². The molecule has 0 aromatic carbocycles. The van der Waals surface area contributed by atoms with E-state index in [-0.39, 0.29) is 0 Å². The van der Waals surface area contributed by atoms with Crippen molar-refractivity contribution in [2.24, 2.45) is 5.92 Å². The van der Waals surface area contributed by atoms with Crippen LogP contribution < -0.4 is 10.2 Å². The van der Waals surface area contributed by atoms with E-state index >= 15 is 0 Å². The van der Waals surface area contributed by atoms with Crippen LogP contribution in [0.4, 0.5) is 5.82 Å². The molecule has 1 N–H and O–H groups in total. The first-order valence-electron chi connectivity index (χ1n) is 7.57. The van der Waals surface area contributed by atoms with Crippen LogP contribution in [0.5, 0.6) is 0 Å². The maximum Gasteiger partial charge on any atom is 0.147 e. The van der Waals surface area contributed by atoms with Crippen LogP contribution in [0.3, 0.4) is 0 Å². The molecule has 0 saturated carbocycles. The zero-order valence-electron chi connectivity index (χ0n) is 12.8. The molecule has 1 aromatic rings. The van der Waals surface area contributed by atoms with Crippen molar-refractivity contribution in [1.29, 1.82) is 0 Å². The molecule has 1 unspecified atom stereocenters. The molecule has 1 aliphatic rings. The largest absolute Gasteiger partial charge is 0.375 e. The molecule has 1 aromatic heterocycles. The lowest BCUT2D eigenvalue weighted by Gasteiger charge is -2.33. The van der Waals surface area contributed by atoms with E-state index in [1.807, 2.05) is 12.4 Å². The minimum Gasteiger partial charge on any atom is -0.375 e. The average molecular weight is 278 g/mol. The van der Waals surface area contributed by atoms with Gasteiger partial charge in [-0.2, -0.15) is 0 Å². The molecule has 1 aliphatic heterocycles. The Kier molecular flexibility index (Phi) is 5.73. The standard InChI is InChI=1S/C15H26N4O/c1-4-14-11-19(5-6-20-14)15-10-17-9-13(18-15)8-16-7-12(2)3/h9-10,12,14,16H,4-8,11H2,1-3H3. The molecule has 0 amide bonds. The third kappa shape index (κ3) is 4.42. The monoisotopic (exact) mass is 278 g/mol. The van der Waals surface area contributed by atoms with Crippen LogP contribution in [0.25, 0.3) is 0 Å². The number of hydrogen-bond donors (Lipinski definition) is 1. The van der Waals surface area contributed by atoms with Crippen molar-refractivity contribution in [3.05, 3.63) is 18.1 Å². The first kappa shape index (κ1) is 15.2. The molecule has 5 nitrogen and oxygen atoms in total. The summed E-state index contributed by atoms with van der Waals surface area (Å²) in [6, 6.07) is 0. The molecule has 0 bridgehead atoms. The van der Waals surface area contributed by atoms with Gasteiger partial charge in [0.25, 0.3) is 0 Å². The summed E-state index contributed by atoms with van der Waals surface area (Å²) >= 11 is 0. The van der Waals surface area contributed by atoms with Gasteiger partial charge in [-0.15, -0.1) is 0 Å². The summed E-state index contributed by atoms with van der Waals surface area (Å²) in [4.78, 5) is 11.3. The van der Waals surface area contributed by atoms with Gasteiger partial charge in [0.2, 0.25) is 0 Å². The minimum atomic E-state index is 0.313. The SMILES string of the molecule is CCC1CN(c2cncc(CNCC(C)C)n2)CCO1. The van der Waals surface area contributed by atoms with E-state index in [0.717, 1.165) is 50.7 Å². The van der Waals surface area contributed by atoms with Gasteiger partial charge < -0.3 is 15.0 Å². The summed E-state index contributed by atoms with van der Waals surface area (Å²) in [5, 5.41) is 3.41.